The maximum Gasteiger partial charge on any atom is 0.164 e. The van der Waals surface area contributed by atoms with Gasteiger partial charge in [-0.15, -0.1) is 0 Å². The second-order valence-electron chi connectivity index (χ2n) is 11.3. The van der Waals surface area contributed by atoms with E-state index in [-0.39, 0.29) is 44.7 Å². The molecule has 0 aliphatic rings. The van der Waals surface area contributed by atoms with Gasteiger partial charge < -0.3 is 8.98 Å². The average Bonchev–Trinajstić information content (AvgIpc) is 3.82. The zero-order valence-corrected chi connectivity index (χ0v) is 24.9. The van der Waals surface area contributed by atoms with Crippen LogP contribution in [-0.4, -0.2) is 19.5 Å². The zero-order valence-electron chi connectivity index (χ0n) is 34.9. The number of benzene rings is 7. The fourth-order valence-electron chi connectivity index (χ4n) is 6.39. The standard InChI is InChI=1S/C43H26N4O/c1-2-9-27(10-3-1)28-17-19-29(20-18-28)42-44-26-45-43(46-42)35-14-8-16-39-41(35)34-22-21-32(25-40(34)48-39)47-37-15-7-6-13-33(37)36-23-30-11-4-5-12-31(30)24-38(36)47/h1-26H/i4D,5D,6D,7D,11D,12D,13D,15D,23D,24D. The van der Waals surface area contributed by atoms with Crippen molar-refractivity contribution >= 4 is 54.5 Å². The Morgan fingerprint density at radius 2 is 1.31 bits per heavy atom. The van der Waals surface area contributed by atoms with Gasteiger partial charge in [0.15, 0.2) is 11.6 Å². The molecule has 7 aromatic carbocycles. The van der Waals surface area contributed by atoms with Crippen LogP contribution in [0.3, 0.4) is 0 Å². The van der Waals surface area contributed by atoms with Crippen molar-refractivity contribution < 1.29 is 18.1 Å². The van der Waals surface area contributed by atoms with Gasteiger partial charge in [-0.2, -0.15) is 0 Å². The Hall–Kier alpha value is -6.59. The minimum absolute atomic E-state index is 0.00445. The molecule has 0 atom stereocenters. The molecule has 5 nitrogen and oxygen atoms in total. The van der Waals surface area contributed by atoms with Crippen LogP contribution in [0, 0.1) is 0 Å². The van der Waals surface area contributed by atoms with E-state index in [1.165, 1.54) is 10.9 Å². The molecule has 3 aromatic heterocycles. The smallest absolute Gasteiger partial charge is 0.164 e. The summed E-state index contributed by atoms with van der Waals surface area (Å²) in [6, 6.07) is 24.0. The first-order chi connectivity index (χ1) is 28.0. The number of para-hydroxylation sites is 1. The predicted octanol–water partition coefficient (Wildman–Crippen LogP) is 11.0. The van der Waals surface area contributed by atoms with Gasteiger partial charge in [-0.1, -0.05) is 109 Å². The third-order valence-corrected chi connectivity index (χ3v) is 8.58. The van der Waals surface area contributed by atoms with Crippen LogP contribution in [0.1, 0.15) is 13.7 Å². The summed E-state index contributed by atoms with van der Waals surface area (Å²) in [7, 11) is 0. The topological polar surface area (TPSA) is 56.7 Å². The normalized spacial score (nSPS) is 14.7. The molecule has 3 heterocycles. The minimum Gasteiger partial charge on any atom is -0.456 e. The highest BCUT2D eigenvalue weighted by atomic mass is 16.3. The van der Waals surface area contributed by atoms with Crippen LogP contribution in [0.2, 0.25) is 0 Å². The van der Waals surface area contributed by atoms with Crippen molar-refractivity contribution in [2.75, 3.05) is 0 Å². The number of nitrogens with zero attached hydrogens (tertiary/aromatic N) is 4. The summed E-state index contributed by atoms with van der Waals surface area (Å²) in [5, 5.41) is 0.944. The van der Waals surface area contributed by atoms with E-state index in [0.717, 1.165) is 22.1 Å². The monoisotopic (exact) mass is 624 g/mol. The fourth-order valence-corrected chi connectivity index (χ4v) is 6.39. The first-order valence-electron chi connectivity index (χ1n) is 20.2. The second-order valence-corrected chi connectivity index (χ2v) is 11.3. The van der Waals surface area contributed by atoms with E-state index in [2.05, 4.69) is 9.97 Å². The number of rotatable bonds is 4. The lowest BCUT2D eigenvalue weighted by Gasteiger charge is -2.09. The second kappa shape index (κ2) is 10.5. The van der Waals surface area contributed by atoms with Crippen LogP contribution in [0.4, 0.5) is 0 Å². The van der Waals surface area contributed by atoms with Crippen molar-refractivity contribution in [1.29, 1.82) is 0 Å². The molecular weight excluding hydrogens is 589 g/mol. The van der Waals surface area contributed by atoms with Crippen molar-refractivity contribution in [3.05, 3.63) is 158 Å². The maximum atomic E-state index is 9.40. The van der Waals surface area contributed by atoms with E-state index in [4.69, 9.17) is 20.4 Å². The molecule has 0 fully saturated rings. The van der Waals surface area contributed by atoms with E-state index < -0.39 is 48.3 Å². The minimum atomic E-state index is -0.573. The van der Waals surface area contributed by atoms with Gasteiger partial charge in [0.05, 0.1) is 24.7 Å². The molecule has 0 saturated heterocycles. The summed E-state index contributed by atoms with van der Waals surface area (Å²) < 4.78 is 95.4. The molecule has 0 saturated carbocycles. The van der Waals surface area contributed by atoms with Crippen LogP contribution < -0.4 is 0 Å². The highest BCUT2D eigenvalue weighted by Crippen LogP contribution is 2.39. The summed E-state index contributed by atoms with van der Waals surface area (Å²) in [5.74, 6) is 0.913. The van der Waals surface area contributed by atoms with E-state index in [0.29, 0.717) is 39.5 Å². The third kappa shape index (κ3) is 4.15. The molecule has 224 valence electrons. The molecule has 10 rings (SSSR count). The third-order valence-electron chi connectivity index (χ3n) is 8.58. The van der Waals surface area contributed by atoms with Crippen molar-refractivity contribution in [1.82, 2.24) is 19.5 Å². The number of furan rings is 1. The van der Waals surface area contributed by atoms with E-state index in [9.17, 15) is 2.74 Å². The van der Waals surface area contributed by atoms with Gasteiger partial charge in [0.1, 0.15) is 17.5 Å². The molecule has 48 heavy (non-hydrogen) atoms. The van der Waals surface area contributed by atoms with Crippen LogP contribution in [0.25, 0.3) is 94.1 Å². The SMILES string of the molecule is [2H]c1c([2H])c([2H])c2c([2H])c3c(c([2H])c2c1[2H])c1c([2H])c([2H])c([2H])c([2H])c1n3-c1ccc2c(c1)oc1cccc(-c3ncnc(-c4ccc(-c5ccccc5)cc4)n3)c12. The number of fused-ring (bicyclic) bond motifs is 7. The lowest BCUT2D eigenvalue weighted by molar-refractivity contribution is 0.668. The molecule has 0 bridgehead atoms. The molecule has 0 aliphatic heterocycles. The number of aromatic nitrogens is 4. The molecule has 0 N–H and O–H groups in total. The fraction of sp³-hybridized carbons (Fsp3) is 0. The average molecular weight is 625 g/mol. The molecule has 0 amide bonds. The molecule has 10 aromatic rings. The van der Waals surface area contributed by atoms with Crippen molar-refractivity contribution in [3.8, 4) is 39.6 Å². The lowest BCUT2D eigenvalue weighted by atomic mass is 10.0. The summed E-state index contributed by atoms with van der Waals surface area (Å²) in [6.07, 6.45) is 1.47. The summed E-state index contributed by atoms with van der Waals surface area (Å²) >= 11 is 0. The van der Waals surface area contributed by atoms with Gasteiger partial charge in [-0.3, -0.25) is 0 Å². The molecule has 0 aliphatic carbocycles. The summed E-state index contributed by atoms with van der Waals surface area (Å²) in [5.41, 5.74) is 4.92. The maximum absolute atomic E-state index is 9.40. The van der Waals surface area contributed by atoms with Crippen LogP contribution in [-0.2, 0) is 0 Å². The Morgan fingerprint density at radius 1 is 0.562 bits per heavy atom. The lowest BCUT2D eigenvalue weighted by Crippen LogP contribution is -1.95. The first kappa shape index (κ1) is 18.5. The quantitative estimate of drug-likeness (QED) is 0.195. The van der Waals surface area contributed by atoms with Crippen molar-refractivity contribution in [2.24, 2.45) is 0 Å². The Balaban J connectivity index is 1.19. The van der Waals surface area contributed by atoms with Gasteiger partial charge in [0.2, 0.25) is 0 Å². The Morgan fingerprint density at radius 3 is 2.19 bits per heavy atom. The largest absolute Gasteiger partial charge is 0.456 e. The van der Waals surface area contributed by atoms with Crippen molar-refractivity contribution in [2.45, 2.75) is 0 Å². The van der Waals surface area contributed by atoms with Crippen LogP contribution in [0.5, 0.6) is 0 Å². The molecule has 0 unspecified atom stereocenters. The molecular formula is C43H26N4O. The molecule has 0 spiro atoms. The Kier molecular flexibility index (Phi) is 4.04. The van der Waals surface area contributed by atoms with Gasteiger partial charge in [0.25, 0.3) is 0 Å². The predicted molar refractivity (Wildman–Crippen MR) is 195 cm³/mol. The molecule has 5 heteroatoms. The first-order valence-corrected chi connectivity index (χ1v) is 15.2. The van der Waals surface area contributed by atoms with Gasteiger partial charge >= 0.3 is 0 Å². The zero-order chi connectivity index (χ0) is 40.3. The van der Waals surface area contributed by atoms with Gasteiger partial charge in [0, 0.05) is 44.4 Å². The summed E-state index contributed by atoms with van der Waals surface area (Å²) in [4.78, 5) is 13.8. The van der Waals surface area contributed by atoms with Gasteiger partial charge in [-0.25, -0.2) is 15.0 Å². The summed E-state index contributed by atoms with van der Waals surface area (Å²) in [6.45, 7) is 0. The number of hydrogen-bond acceptors (Lipinski definition) is 4. The van der Waals surface area contributed by atoms with Crippen LogP contribution in [0.15, 0.2) is 162 Å². The number of hydrogen-bond donors (Lipinski definition) is 0. The van der Waals surface area contributed by atoms with E-state index >= 15 is 0 Å². The van der Waals surface area contributed by atoms with Crippen molar-refractivity contribution in [3.63, 3.8) is 0 Å². The van der Waals surface area contributed by atoms with Gasteiger partial charge in [-0.05, 0) is 58.2 Å². The Bertz CT molecular complexity index is 3400. The highest BCUT2D eigenvalue weighted by molar-refractivity contribution is 6.15. The van der Waals surface area contributed by atoms with E-state index in [1.54, 1.807) is 18.2 Å². The molecule has 0 radical (unpaired) electrons. The van der Waals surface area contributed by atoms with E-state index in [1.807, 2.05) is 72.8 Å². The highest BCUT2D eigenvalue weighted by Gasteiger charge is 2.18. The Labute approximate surface area is 289 Å². The van der Waals surface area contributed by atoms with Crippen LogP contribution >= 0.6 is 0 Å².